The highest BCUT2D eigenvalue weighted by Crippen LogP contribution is 2.41. The van der Waals surface area contributed by atoms with Crippen LogP contribution in [-0.4, -0.2) is 0 Å². The van der Waals surface area contributed by atoms with Gasteiger partial charge in [0.2, 0.25) is 0 Å². The molecule has 3 heteroatoms. The van der Waals surface area contributed by atoms with Crippen LogP contribution in [0, 0.1) is 12.3 Å². The third kappa shape index (κ3) is 2.95. The number of hydrogen-bond acceptors (Lipinski definition) is 2. The quantitative estimate of drug-likeness (QED) is 0.762. The Morgan fingerprint density at radius 2 is 1.74 bits per heavy atom. The van der Waals surface area contributed by atoms with Gasteiger partial charge in [0.05, 0.1) is 0 Å². The van der Waals surface area contributed by atoms with Gasteiger partial charge in [-0.3, -0.25) is 0 Å². The van der Waals surface area contributed by atoms with Gasteiger partial charge in [-0.15, -0.1) is 12.4 Å². The first-order valence-corrected chi connectivity index (χ1v) is 6.35. The zero-order valence-corrected chi connectivity index (χ0v) is 12.9. The Labute approximate surface area is 122 Å². The molecule has 1 aromatic carbocycles. The van der Waals surface area contributed by atoms with Crippen LogP contribution in [0.4, 0.5) is 5.69 Å². The maximum atomic E-state index is 6.17. The number of rotatable bonds is 1. The van der Waals surface area contributed by atoms with Crippen LogP contribution in [0.15, 0.2) is 35.5 Å². The van der Waals surface area contributed by atoms with Gasteiger partial charge < -0.3 is 11.5 Å². The molecule has 0 amide bonds. The molecule has 0 aliphatic heterocycles. The lowest BCUT2D eigenvalue weighted by Gasteiger charge is -2.32. The van der Waals surface area contributed by atoms with Gasteiger partial charge in [0, 0.05) is 16.8 Å². The highest BCUT2D eigenvalue weighted by atomic mass is 35.5. The molecule has 0 spiro atoms. The summed E-state index contributed by atoms with van der Waals surface area (Å²) in [7, 11) is 0. The van der Waals surface area contributed by atoms with Gasteiger partial charge in [0.1, 0.15) is 0 Å². The van der Waals surface area contributed by atoms with Crippen molar-refractivity contribution in [3.05, 3.63) is 46.7 Å². The van der Waals surface area contributed by atoms with E-state index >= 15 is 0 Å². The molecule has 0 heterocycles. The normalized spacial score (nSPS) is 17.8. The highest BCUT2D eigenvalue weighted by molar-refractivity contribution is 5.85. The van der Waals surface area contributed by atoms with E-state index in [1.54, 1.807) is 0 Å². The molecular formula is C16H23ClN2. The van der Waals surface area contributed by atoms with Crippen LogP contribution < -0.4 is 11.5 Å². The number of nitrogens with two attached hydrogens (primary N) is 2. The zero-order chi connectivity index (χ0) is 13.5. The van der Waals surface area contributed by atoms with E-state index in [4.69, 9.17) is 11.5 Å². The zero-order valence-electron chi connectivity index (χ0n) is 12.1. The molecule has 4 N–H and O–H groups in total. The van der Waals surface area contributed by atoms with Crippen molar-refractivity contribution in [2.24, 2.45) is 11.1 Å². The summed E-state index contributed by atoms with van der Waals surface area (Å²) in [6.45, 7) is 8.52. The van der Waals surface area contributed by atoms with E-state index in [1.807, 2.05) is 13.0 Å². The molecule has 1 aliphatic rings. The maximum Gasteiger partial charge on any atom is 0.0344 e. The van der Waals surface area contributed by atoms with Crippen LogP contribution in [0.25, 0.3) is 5.57 Å². The minimum Gasteiger partial charge on any atom is -0.401 e. The largest absolute Gasteiger partial charge is 0.401 e. The summed E-state index contributed by atoms with van der Waals surface area (Å²) in [5.74, 6) is 0. The van der Waals surface area contributed by atoms with Gasteiger partial charge in [0.15, 0.2) is 0 Å². The lowest BCUT2D eigenvalue weighted by atomic mass is 9.75. The highest BCUT2D eigenvalue weighted by Gasteiger charge is 2.28. The van der Waals surface area contributed by atoms with Crippen molar-refractivity contribution in [1.29, 1.82) is 0 Å². The van der Waals surface area contributed by atoms with E-state index in [9.17, 15) is 0 Å². The van der Waals surface area contributed by atoms with Crippen molar-refractivity contribution in [3.63, 3.8) is 0 Å². The molecule has 1 aliphatic carbocycles. The number of halogens is 1. The van der Waals surface area contributed by atoms with Crippen molar-refractivity contribution in [2.75, 3.05) is 5.73 Å². The molecule has 0 fully saturated rings. The predicted molar refractivity (Wildman–Crippen MR) is 86.1 cm³/mol. The smallest absolute Gasteiger partial charge is 0.0344 e. The van der Waals surface area contributed by atoms with Crippen LogP contribution in [0.1, 0.15) is 38.3 Å². The van der Waals surface area contributed by atoms with Crippen LogP contribution in [0.2, 0.25) is 0 Å². The van der Waals surface area contributed by atoms with Gasteiger partial charge in [-0.05, 0) is 54.7 Å². The average molecular weight is 279 g/mol. The number of nitrogen functional groups attached to an aromatic ring is 1. The molecule has 0 atom stereocenters. The van der Waals surface area contributed by atoms with Crippen molar-refractivity contribution in [1.82, 2.24) is 0 Å². The Bertz CT molecular complexity index is 554. The third-order valence-corrected chi connectivity index (χ3v) is 3.82. The van der Waals surface area contributed by atoms with E-state index in [2.05, 4.69) is 39.0 Å². The Morgan fingerprint density at radius 1 is 1.11 bits per heavy atom. The van der Waals surface area contributed by atoms with Crippen molar-refractivity contribution in [2.45, 2.75) is 34.1 Å². The number of hydrogen-bond donors (Lipinski definition) is 2. The van der Waals surface area contributed by atoms with E-state index < -0.39 is 0 Å². The average Bonchev–Trinajstić information content (AvgIpc) is 2.29. The van der Waals surface area contributed by atoms with Gasteiger partial charge in [-0.1, -0.05) is 26.0 Å². The molecule has 0 saturated carbocycles. The molecule has 0 saturated heterocycles. The summed E-state index contributed by atoms with van der Waals surface area (Å²) in [4.78, 5) is 0. The fraction of sp³-hybridized carbons (Fsp3) is 0.375. The second-order valence-corrected chi connectivity index (χ2v) is 5.90. The summed E-state index contributed by atoms with van der Waals surface area (Å²) in [5.41, 5.74) is 18.8. The fourth-order valence-electron chi connectivity index (χ4n) is 2.56. The Morgan fingerprint density at radius 3 is 2.26 bits per heavy atom. The molecule has 0 bridgehead atoms. The van der Waals surface area contributed by atoms with E-state index in [0.717, 1.165) is 23.4 Å². The minimum absolute atomic E-state index is 0. The standard InChI is InChI=1S/C16H22N2.ClH/c1-10-7-12(5-6-14(10)17)13-8-11(2)15(18)16(3,4)9-13;/h5-8H,9,17-18H2,1-4H3;1H. The summed E-state index contributed by atoms with van der Waals surface area (Å²) in [6, 6.07) is 6.24. The molecular weight excluding hydrogens is 256 g/mol. The summed E-state index contributed by atoms with van der Waals surface area (Å²) >= 11 is 0. The van der Waals surface area contributed by atoms with Crippen LogP contribution in [0.3, 0.4) is 0 Å². The molecule has 19 heavy (non-hydrogen) atoms. The lowest BCUT2D eigenvalue weighted by molar-refractivity contribution is 0.446. The minimum atomic E-state index is 0. The topological polar surface area (TPSA) is 52.0 Å². The van der Waals surface area contributed by atoms with Crippen molar-refractivity contribution >= 4 is 23.7 Å². The number of allylic oxidation sites excluding steroid dienone is 4. The second kappa shape index (κ2) is 5.30. The van der Waals surface area contributed by atoms with Gasteiger partial charge in [0.25, 0.3) is 0 Å². The van der Waals surface area contributed by atoms with E-state index in [-0.39, 0.29) is 17.8 Å². The Kier molecular flexibility index (Phi) is 4.36. The number of aryl methyl sites for hydroxylation is 1. The molecule has 0 unspecified atom stereocenters. The van der Waals surface area contributed by atoms with Crippen LogP contribution in [0.5, 0.6) is 0 Å². The molecule has 2 rings (SSSR count). The van der Waals surface area contributed by atoms with Crippen LogP contribution >= 0.6 is 12.4 Å². The first-order chi connectivity index (χ1) is 8.31. The van der Waals surface area contributed by atoms with Crippen molar-refractivity contribution < 1.29 is 0 Å². The summed E-state index contributed by atoms with van der Waals surface area (Å²) < 4.78 is 0. The molecule has 2 nitrogen and oxygen atoms in total. The SMILES string of the molecule is CC1=C(N)C(C)(C)CC(c2ccc(N)c(C)c2)=C1.Cl. The molecule has 1 aromatic rings. The van der Waals surface area contributed by atoms with E-state index in [1.165, 1.54) is 16.7 Å². The van der Waals surface area contributed by atoms with E-state index in [0.29, 0.717) is 0 Å². The summed E-state index contributed by atoms with van der Waals surface area (Å²) in [6.07, 6.45) is 3.17. The first kappa shape index (κ1) is 15.6. The molecule has 0 radical (unpaired) electrons. The van der Waals surface area contributed by atoms with Gasteiger partial charge in [-0.2, -0.15) is 0 Å². The number of anilines is 1. The molecule has 104 valence electrons. The predicted octanol–water partition coefficient (Wildman–Crippen LogP) is 4.05. The summed E-state index contributed by atoms with van der Waals surface area (Å²) in [5, 5.41) is 0. The fourth-order valence-corrected chi connectivity index (χ4v) is 2.56. The number of benzene rings is 1. The third-order valence-electron chi connectivity index (χ3n) is 3.82. The Balaban J connectivity index is 0.00000180. The van der Waals surface area contributed by atoms with Crippen LogP contribution in [-0.2, 0) is 0 Å². The monoisotopic (exact) mass is 278 g/mol. The Hall–Kier alpha value is -1.41. The second-order valence-electron chi connectivity index (χ2n) is 5.90. The van der Waals surface area contributed by atoms with Gasteiger partial charge in [-0.25, -0.2) is 0 Å². The molecule has 0 aromatic heterocycles. The maximum absolute atomic E-state index is 6.17. The first-order valence-electron chi connectivity index (χ1n) is 6.35. The van der Waals surface area contributed by atoms with Crippen molar-refractivity contribution in [3.8, 4) is 0 Å². The van der Waals surface area contributed by atoms with Gasteiger partial charge >= 0.3 is 0 Å². The lowest BCUT2D eigenvalue weighted by Crippen LogP contribution is -2.25.